The Balaban J connectivity index is 1.80. The second-order valence-corrected chi connectivity index (χ2v) is 14.5. The van der Waals surface area contributed by atoms with Crippen LogP contribution in [0.25, 0.3) is 0 Å². The Kier molecular flexibility index (Phi) is 11.8. The van der Waals surface area contributed by atoms with Gasteiger partial charge in [-0.2, -0.15) is 0 Å². The third-order valence-electron chi connectivity index (χ3n) is 7.29. The van der Waals surface area contributed by atoms with Gasteiger partial charge in [0.15, 0.2) is 0 Å². The molecule has 0 saturated heterocycles. The van der Waals surface area contributed by atoms with E-state index in [0.29, 0.717) is 22.8 Å². The van der Waals surface area contributed by atoms with Crippen molar-refractivity contribution < 1.29 is 18.0 Å². The van der Waals surface area contributed by atoms with Gasteiger partial charge in [-0.3, -0.25) is 13.9 Å². The number of anilines is 1. The van der Waals surface area contributed by atoms with Crippen molar-refractivity contribution in [2.45, 2.75) is 44.7 Å². The molecule has 0 aliphatic carbocycles. The maximum atomic E-state index is 14.5. The van der Waals surface area contributed by atoms with E-state index in [1.807, 2.05) is 74.5 Å². The summed E-state index contributed by atoms with van der Waals surface area (Å²) in [7, 11) is -4.21. The molecule has 1 atom stereocenters. The molecular weight excluding hydrogens is 674 g/mol. The predicted molar refractivity (Wildman–Crippen MR) is 184 cm³/mol. The number of rotatable bonds is 13. The quantitative estimate of drug-likeness (QED) is 0.162. The second kappa shape index (κ2) is 15.6. The Labute approximate surface area is 279 Å². The molecule has 4 rings (SSSR count). The van der Waals surface area contributed by atoms with Crippen LogP contribution in [0, 0.1) is 12.8 Å². The maximum Gasteiger partial charge on any atom is 0.264 e. The van der Waals surface area contributed by atoms with Crippen molar-refractivity contribution in [2.75, 3.05) is 17.4 Å². The van der Waals surface area contributed by atoms with Gasteiger partial charge < -0.3 is 10.2 Å². The van der Waals surface area contributed by atoms with E-state index in [2.05, 4.69) is 21.2 Å². The molecule has 2 amide bonds. The third kappa shape index (κ3) is 9.19. The summed E-state index contributed by atoms with van der Waals surface area (Å²) < 4.78 is 30.3. The summed E-state index contributed by atoms with van der Waals surface area (Å²) in [6.07, 6.45) is 0.251. The van der Waals surface area contributed by atoms with Gasteiger partial charge in [0.1, 0.15) is 12.6 Å². The van der Waals surface area contributed by atoms with Crippen molar-refractivity contribution in [2.24, 2.45) is 5.92 Å². The molecule has 0 aliphatic heterocycles. The lowest BCUT2D eigenvalue weighted by atomic mass is 10.0. The number of para-hydroxylation sites is 1. The summed E-state index contributed by atoms with van der Waals surface area (Å²) in [4.78, 5) is 29.9. The van der Waals surface area contributed by atoms with Crippen molar-refractivity contribution in [1.29, 1.82) is 0 Å². The van der Waals surface area contributed by atoms with Crippen LogP contribution in [-0.2, 0) is 32.6 Å². The SMILES string of the molecule is Cc1ccccc1N(CC(=O)N(Cc1ccc(Br)cc1)[C@H](Cc1ccccc1)C(=O)NCC(C)C)S(=O)(=O)c1ccc(Cl)cc1. The molecule has 10 heteroatoms. The van der Waals surface area contributed by atoms with Gasteiger partial charge in [0.05, 0.1) is 10.6 Å². The highest BCUT2D eigenvalue weighted by Crippen LogP contribution is 2.28. The molecule has 4 aromatic rings. The van der Waals surface area contributed by atoms with Crippen molar-refractivity contribution in [3.8, 4) is 0 Å². The van der Waals surface area contributed by atoms with Crippen LogP contribution in [0.2, 0.25) is 5.02 Å². The first-order valence-corrected chi connectivity index (χ1v) is 17.3. The highest BCUT2D eigenvalue weighted by Gasteiger charge is 2.35. The van der Waals surface area contributed by atoms with Gasteiger partial charge in [-0.05, 0) is 72.0 Å². The van der Waals surface area contributed by atoms with Gasteiger partial charge in [-0.1, -0.05) is 102 Å². The molecule has 0 unspecified atom stereocenters. The number of halogens is 2. The minimum Gasteiger partial charge on any atom is -0.354 e. The molecule has 0 radical (unpaired) electrons. The number of benzene rings is 4. The van der Waals surface area contributed by atoms with Crippen molar-refractivity contribution in [1.82, 2.24) is 10.2 Å². The highest BCUT2D eigenvalue weighted by atomic mass is 79.9. The number of nitrogens with one attached hydrogen (secondary N) is 1. The summed E-state index contributed by atoms with van der Waals surface area (Å²) in [5.74, 6) is -0.622. The van der Waals surface area contributed by atoms with E-state index in [1.165, 1.54) is 29.2 Å². The normalized spacial score (nSPS) is 12.0. The van der Waals surface area contributed by atoms with Gasteiger partial charge in [-0.15, -0.1) is 0 Å². The number of nitrogens with zero attached hydrogens (tertiary/aromatic N) is 2. The average molecular weight is 711 g/mol. The monoisotopic (exact) mass is 709 g/mol. The van der Waals surface area contributed by atoms with E-state index in [0.717, 1.165) is 19.9 Å². The number of hydrogen-bond donors (Lipinski definition) is 1. The number of carbonyl (C=O) groups excluding carboxylic acids is 2. The molecule has 0 spiro atoms. The van der Waals surface area contributed by atoms with Gasteiger partial charge >= 0.3 is 0 Å². The summed E-state index contributed by atoms with van der Waals surface area (Å²) in [6.45, 7) is 5.81. The molecule has 0 bridgehead atoms. The van der Waals surface area contributed by atoms with Gasteiger partial charge in [-0.25, -0.2) is 8.42 Å². The largest absolute Gasteiger partial charge is 0.354 e. The fourth-order valence-electron chi connectivity index (χ4n) is 4.85. The van der Waals surface area contributed by atoms with Crippen LogP contribution in [0.4, 0.5) is 5.69 Å². The van der Waals surface area contributed by atoms with Gasteiger partial charge in [0.2, 0.25) is 11.8 Å². The molecule has 0 fully saturated rings. The molecule has 0 aromatic heterocycles. The van der Waals surface area contributed by atoms with Crippen molar-refractivity contribution in [3.05, 3.63) is 129 Å². The van der Waals surface area contributed by atoms with Gasteiger partial charge in [0.25, 0.3) is 10.0 Å². The Morgan fingerprint density at radius 3 is 2.09 bits per heavy atom. The van der Waals surface area contributed by atoms with Gasteiger partial charge in [0, 0.05) is 29.0 Å². The minimum absolute atomic E-state index is 0.00192. The van der Waals surface area contributed by atoms with E-state index in [9.17, 15) is 18.0 Å². The summed E-state index contributed by atoms with van der Waals surface area (Å²) in [5.41, 5.74) is 2.72. The molecule has 0 aliphatic rings. The molecule has 236 valence electrons. The molecule has 0 heterocycles. The lowest BCUT2D eigenvalue weighted by molar-refractivity contribution is -0.140. The predicted octanol–water partition coefficient (Wildman–Crippen LogP) is 7.02. The summed E-state index contributed by atoms with van der Waals surface area (Å²) in [5, 5.41) is 3.40. The van der Waals surface area contributed by atoms with Crippen LogP contribution in [0.3, 0.4) is 0 Å². The van der Waals surface area contributed by atoms with Crippen LogP contribution < -0.4 is 9.62 Å². The first-order valence-electron chi connectivity index (χ1n) is 14.6. The molecule has 45 heavy (non-hydrogen) atoms. The van der Waals surface area contributed by atoms with Crippen molar-refractivity contribution >= 4 is 55.1 Å². The van der Waals surface area contributed by atoms with Crippen LogP contribution in [-0.4, -0.2) is 44.3 Å². The first kappa shape index (κ1) is 34.2. The zero-order valence-corrected chi connectivity index (χ0v) is 28.6. The minimum atomic E-state index is -4.21. The number of carbonyl (C=O) groups is 2. The fraction of sp³-hybridized carbons (Fsp3) is 0.257. The van der Waals surface area contributed by atoms with E-state index >= 15 is 0 Å². The molecule has 1 N–H and O–H groups in total. The molecule has 4 aromatic carbocycles. The third-order valence-corrected chi connectivity index (χ3v) is 9.84. The molecular formula is C35H37BrClN3O4S. The standard InChI is InChI=1S/C35H37BrClN3O4S/c1-25(2)22-38-35(42)33(21-27-10-5-4-6-11-27)39(23-28-13-15-29(36)16-14-28)34(41)24-40(32-12-8-7-9-26(32)3)45(43,44)31-19-17-30(37)18-20-31/h4-20,25,33H,21-24H2,1-3H3,(H,38,42)/t33-/m1/s1. The van der Waals surface area contributed by atoms with Crippen LogP contribution in [0.5, 0.6) is 0 Å². The molecule has 7 nitrogen and oxygen atoms in total. The van der Waals surface area contributed by atoms with E-state index < -0.39 is 28.5 Å². The first-order chi connectivity index (χ1) is 21.5. The summed E-state index contributed by atoms with van der Waals surface area (Å²) in [6, 6.07) is 28.9. The fourth-order valence-corrected chi connectivity index (χ4v) is 6.72. The summed E-state index contributed by atoms with van der Waals surface area (Å²) >= 11 is 9.52. The Hall–Kier alpha value is -3.66. The lowest BCUT2D eigenvalue weighted by Crippen LogP contribution is -2.53. The van der Waals surface area contributed by atoms with E-state index in [1.54, 1.807) is 25.1 Å². The smallest absolute Gasteiger partial charge is 0.264 e. The number of aryl methyl sites for hydroxylation is 1. The number of amides is 2. The Morgan fingerprint density at radius 2 is 1.47 bits per heavy atom. The average Bonchev–Trinajstić information content (AvgIpc) is 3.02. The number of hydrogen-bond acceptors (Lipinski definition) is 4. The maximum absolute atomic E-state index is 14.5. The topological polar surface area (TPSA) is 86.8 Å². The zero-order valence-electron chi connectivity index (χ0n) is 25.5. The van der Waals surface area contributed by atoms with E-state index in [4.69, 9.17) is 11.6 Å². The van der Waals surface area contributed by atoms with Crippen LogP contribution in [0.1, 0.15) is 30.5 Å². The Bertz CT molecular complexity index is 1700. The van der Waals surface area contributed by atoms with Crippen LogP contribution in [0.15, 0.2) is 112 Å². The van der Waals surface area contributed by atoms with E-state index in [-0.39, 0.29) is 29.7 Å². The second-order valence-electron chi connectivity index (χ2n) is 11.2. The number of sulfonamides is 1. The van der Waals surface area contributed by atoms with Crippen LogP contribution >= 0.6 is 27.5 Å². The lowest BCUT2D eigenvalue weighted by Gasteiger charge is -2.34. The highest BCUT2D eigenvalue weighted by molar-refractivity contribution is 9.10. The van der Waals surface area contributed by atoms with Crippen molar-refractivity contribution in [3.63, 3.8) is 0 Å². The zero-order chi connectivity index (χ0) is 32.6. The molecule has 0 saturated carbocycles. The Morgan fingerprint density at radius 1 is 0.844 bits per heavy atom.